The largest absolute Gasteiger partial charge is 0.487 e. The zero-order chi connectivity index (χ0) is 8.67. The summed E-state index contributed by atoms with van der Waals surface area (Å²) in [5, 5.41) is 0. The lowest BCUT2D eigenvalue weighted by atomic mass is 10.1. The van der Waals surface area contributed by atoms with E-state index in [-0.39, 0.29) is 0 Å². The van der Waals surface area contributed by atoms with Crippen molar-refractivity contribution in [3.05, 3.63) is 36.4 Å². The van der Waals surface area contributed by atoms with E-state index < -0.39 is 0 Å². The fourth-order valence-electron chi connectivity index (χ4n) is 1.64. The van der Waals surface area contributed by atoms with Crippen molar-refractivity contribution in [3.8, 4) is 16.9 Å². The van der Waals surface area contributed by atoms with Gasteiger partial charge in [-0.05, 0) is 12.1 Å². The molecule has 0 bridgehead atoms. The smallest absolute Gasteiger partial charge is 0.130 e. The Morgan fingerprint density at radius 3 is 3.31 bits per heavy atom. The molecule has 0 aliphatic carbocycles. The van der Waals surface area contributed by atoms with Crippen LogP contribution in [-0.2, 0) is 6.61 Å². The van der Waals surface area contributed by atoms with E-state index in [0.717, 1.165) is 17.0 Å². The van der Waals surface area contributed by atoms with Crippen LogP contribution < -0.4 is 4.74 Å². The van der Waals surface area contributed by atoms with E-state index in [1.165, 1.54) is 5.56 Å². The fourth-order valence-corrected chi connectivity index (χ4v) is 1.64. The maximum absolute atomic E-state index is 5.54. The number of pyridine rings is 1. The Kier molecular flexibility index (Phi) is 1.22. The van der Waals surface area contributed by atoms with Crippen molar-refractivity contribution in [2.45, 2.75) is 6.61 Å². The molecule has 0 fully saturated rings. The number of hydrogen-bond donors (Lipinski definition) is 1. The van der Waals surface area contributed by atoms with E-state index in [1.54, 1.807) is 6.20 Å². The van der Waals surface area contributed by atoms with Gasteiger partial charge >= 0.3 is 0 Å². The SMILES string of the molecule is c1cc2c(cn1)-c1cc[nH]c1CO2. The van der Waals surface area contributed by atoms with Crippen molar-refractivity contribution < 1.29 is 4.74 Å². The minimum atomic E-state index is 0.624. The van der Waals surface area contributed by atoms with Gasteiger partial charge in [0.25, 0.3) is 0 Å². The van der Waals surface area contributed by atoms with Gasteiger partial charge in [0.2, 0.25) is 0 Å². The van der Waals surface area contributed by atoms with E-state index in [9.17, 15) is 0 Å². The van der Waals surface area contributed by atoms with E-state index in [0.29, 0.717) is 6.61 Å². The second-order valence-corrected chi connectivity index (χ2v) is 3.03. The minimum absolute atomic E-state index is 0.624. The van der Waals surface area contributed by atoms with Gasteiger partial charge in [0, 0.05) is 29.7 Å². The number of aromatic amines is 1. The summed E-state index contributed by atoms with van der Waals surface area (Å²) >= 11 is 0. The molecule has 0 saturated heterocycles. The summed E-state index contributed by atoms with van der Waals surface area (Å²) in [7, 11) is 0. The van der Waals surface area contributed by atoms with Crippen molar-refractivity contribution in [1.29, 1.82) is 0 Å². The van der Waals surface area contributed by atoms with Crippen molar-refractivity contribution in [2.24, 2.45) is 0 Å². The summed E-state index contributed by atoms with van der Waals surface area (Å²) in [6.07, 6.45) is 5.51. The second kappa shape index (κ2) is 2.36. The lowest BCUT2D eigenvalue weighted by Crippen LogP contribution is -2.04. The maximum Gasteiger partial charge on any atom is 0.130 e. The van der Waals surface area contributed by atoms with Gasteiger partial charge in [0.15, 0.2) is 0 Å². The van der Waals surface area contributed by atoms with Crippen LogP contribution in [0.3, 0.4) is 0 Å². The number of rotatable bonds is 0. The molecule has 13 heavy (non-hydrogen) atoms. The number of ether oxygens (including phenoxy) is 1. The summed E-state index contributed by atoms with van der Waals surface area (Å²) in [5.74, 6) is 0.919. The number of hydrogen-bond acceptors (Lipinski definition) is 2. The molecule has 1 N–H and O–H groups in total. The number of nitrogens with zero attached hydrogens (tertiary/aromatic N) is 1. The first-order valence-corrected chi connectivity index (χ1v) is 4.18. The molecule has 0 radical (unpaired) electrons. The van der Waals surface area contributed by atoms with Gasteiger partial charge in [0.1, 0.15) is 12.4 Å². The lowest BCUT2D eigenvalue weighted by Gasteiger charge is -2.16. The highest BCUT2D eigenvalue weighted by molar-refractivity contribution is 5.73. The highest BCUT2D eigenvalue weighted by Crippen LogP contribution is 2.35. The molecular formula is C10H8N2O. The Morgan fingerprint density at radius 1 is 1.31 bits per heavy atom. The van der Waals surface area contributed by atoms with E-state index in [1.807, 2.05) is 18.5 Å². The second-order valence-electron chi connectivity index (χ2n) is 3.03. The molecule has 1 aliphatic heterocycles. The van der Waals surface area contributed by atoms with Crippen LogP contribution in [-0.4, -0.2) is 9.97 Å². The molecule has 2 aromatic rings. The Bertz CT molecular complexity index is 448. The first kappa shape index (κ1) is 6.71. The molecule has 3 nitrogen and oxygen atoms in total. The number of fused-ring (bicyclic) bond motifs is 3. The van der Waals surface area contributed by atoms with Crippen LogP contribution in [0.1, 0.15) is 5.69 Å². The van der Waals surface area contributed by atoms with Crippen molar-refractivity contribution in [3.63, 3.8) is 0 Å². The minimum Gasteiger partial charge on any atom is -0.487 e. The zero-order valence-corrected chi connectivity index (χ0v) is 6.95. The fraction of sp³-hybridized carbons (Fsp3) is 0.100. The predicted molar refractivity (Wildman–Crippen MR) is 48.4 cm³/mol. The maximum atomic E-state index is 5.54. The Hall–Kier alpha value is -1.77. The monoisotopic (exact) mass is 172 g/mol. The van der Waals surface area contributed by atoms with Crippen LogP contribution in [0.15, 0.2) is 30.7 Å². The molecule has 0 atom stereocenters. The van der Waals surface area contributed by atoms with Crippen molar-refractivity contribution >= 4 is 0 Å². The molecule has 1 aliphatic rings. The molecule has 0 saturated carbocycles. The quantitative estimate of drug-likeness (QED) is 0.659. The third-order valence-electron chi connectivity index (χ3n) is 2.28. The van der Waals surface area contributed by atoms with Gasteiger partial charge in [-0.2, -0.15) is 0 Å². The Labute approximate surface area is 75.4 Å². The summed E-state index contributed by atoms with van der Waals surface area (Å²) in [4.78, 5) is 7.23. The Morgan fingerprint density at radius 2 is 2.31 bits per heavy atom. The van der Waals surface area contributed by atoms with Crippen LogP contribution in [0.25, 0.3) is 11.1 Å². The molecule has 0 unspecified atom stereocenters. The van der Waals surface area contributed by atoms with E-state index in [2.05, 4.69) is 16.0 Å². The average Bonchev–Trinajstić information content (AvgIpc) is 2.65. The summed E-state index contributed by atoms with van der Waals surface area (Å²) in [6.45, 7) is 0.624. The molecule has 0 spiro atoms. The third kappa shape index (κ3) is 0.869. The van der Waals surface area contributed by atoms with Gasteiger partial charge in [-0.15, -0.1) is 0 Å². The van der Waals surface area contributed by atoms with Crippen LogP contribution in [0.5, 0.6) is 5.75 Å². The molecule has 3 heterocycles. The van der Waals surface area contributed by atoms with E-state index in [4.69, 9.17) is 4.74 Å². The number of nitrogens with one attached hydrogen (secondary N) is 1. The van der Waals surface area contributed by atoms with Crippen molar-refractivity contribution in [2.75, 3.05) is 0 Å². The van der Waals surface area contributed by atoms with Crippen LogP contribution in [0, 0.1) is 0 Å². The topological polar surface area (TPSA) is 37.9 Å². The van der Waals surface area contributed by atoms with Gasteiger partial charge in [0.05, 0.1) is 5.69 Å². The van der Waals surface area contributed by atoms with Gasteiger partial charge in [-0.25, -0.2) is 0 Å². The Balaban J connectivity index is 2.30. The van der Waals surface area contributed by atoms with Crippen LogP contribution in [0.2, 0.25) is 0 Å². The summed E-state index contributed by atoms with van der Waals surface area (Å²) < 4.78 is 5.54. The molecule has 64 valence electrons. The highest BCUT2D eigenvalue weighted by atomic mass is 16.5. The molecule has 0 aromatic carbocycles. The van der Waals surface area contributed by atoms with Gasteiger partial charge in [-0.3, -0.25) is 4.98 Å². The predicted octanol–water partition coefficient (Wildman–Crippen LogP) is 1.97. The lowest BCUT2D eigenvalue weighted by molar-refractivity contribution is 0.298. The highest BCUT2D eigenvalue weighted by Gasteiger charge is 2.17. The van der Waals surface area contributed by atoms with Gasteiger partial charge < -0.3 is 9.72 Å². The van der Waals surface area contributed by atoms with E-state index >= 15 is 0 Å². The number of aromatic nitrogens is 2. The summed E-state index contributed by atoms with van der Waals surface area (Å²) in [6, 6.07) is 3.95. The third-order valence-corrected chi connectivity index (χ3v) is 2.28. The normalized spacial score (nSPS) is 12.9. The molecule has 0 amide bonds. The standard InChI is InChI=1S/C10H8N2O/c1-4-12-9-6-13-10-2-3-11-5-8(10)7(1)9/h1-5,12H,6H2. The zero-order valence-electron chi connectivity index (χ0n) is 6.95. The first-order valence-electron chi connectivity index (χ1n) is 4.18. The summed E-state index contributed by atoms with van der Waals surface area (Å²) in [5.41, 5.74) is 3.40. The first-order chi connectivity index (χ1) is 6.45. The van der Waals surface area contributed by atoms with Crippen molar-refractivity contribution in [1.82, 2.24) is 9.97 Å². The van der Waals surface area contributed by atoms with Crippen LogP contribution >= 0.6 is 0 Å². The van der Waals surface area contributed by atoms with Crippen LogP contribution in [0.4, 0.5) is 0 Å². The molecule has 3 rings (SSSR count). The molecular weight excluding hydrogens is 164 g/mol. The van der Waals surface area contributed by atoms with Gasteiger partial charge in [-0.1, -0.05) is 0 Å². The average molecular weight is 172 g/mol. The number of H-pyrrole nitrogens is 1. The molecule has 2 aromatic heterocycles. The molecule has 3 heteroatoms.